The maximum atomic E-state index is 12.8. The molecule has 5 heteroatoms. The van der Waals surface area contributed by atoms with E-state index in [0.29, 0.717) is 0 Å². The van der Waals surface area contributed by atoms with E-state index in [1.54, 1.807) is 4.70 Å². The van der Waals surface area contributed by atoms with Crippen LogP contribution in [0.5, 0.6) is 11.5 Å². The van der Waals surface area contributed by atoms with Gasteiger partial charge in [0.1, 0.15) is 0 Å². The molecule has 0 aromatic heterocycles. The summed E-state index contributed by atoms with van der Waals surface area (Å²) in [5.74, 6) is 1.57. The molecule has 4 aromatic rings. The molecule has 0 N–H and O–H groups in total. The molecule has 0 spiro atoms. The summed E-state index contributed by atoms with van der Waals surface area (Å²) in [5, 5.41) is 0. The third kappa shape index (κ3) is 24.5. The van der Waals surface area contributed by atoms with Crippen LogP contribution in [0.2, 0.25) is 0 Å². The van der Waals surface area contributed by atoms with E-state index in [0.717, 1.165) is 102 Å². The third-order valence-corrected chi connectivity index (χ3v) is 15.2. The van der Waals surface area contributed by atoms with Crippen molar-refractivity contribution in [3.63, 3.8) is 0 Å². The standard InChI is InChI=1S/C56H92N2.2C6H6O.Ni/c1-7-13-19-23-27-31-35-47-41-48(36-32-28-24-20-14-8-2)44-51(43-47)55-53(39-17-11-5)54(40-18-12-6)56(58(55)57)52-45-49(37-33-29-25-21-15-9-3)42-50(46-52)38-34-30-26-22-16-10-4;2*7-6-4-2-1-3-5-6;/h41-46H,7-40H2,1-6H3;2*1-5,7H;/q;;;+2/p-2. The molecule has 0 amide bonds. The second-order valence-electron chi connectivity index (χ2n) is 21.1. The molecule has 0 bridgehead atoms. The summed E-state index contributed by atoms with van der Waals surface area (Å²) in [6.45, 7) is 13.9. The predicted octanol–water partition coefficient (Wildman–Crippen LogP) is 21.9. The van der Waals surface area contributed by atoms with Crippen LogP contribution in [0.15, 0.2) is 108 Å². The minimum absolute atomic E-state index is 0.777. The van der Waals surface area contributed by atoms with Gasteiger partial charge in [0.25, 0.3) is 0 Å². The molecule has 73 heavy (non-hydrogen) atoms. The van der Waals surface area contributed by atoms with Crippen molar-refractivity contribution in [1.29, 1.82) is 0 Å². The Morgan fingerprint density at radius 1 is 0.329 bits per heavy atom. The Hall–Kier alpha value is -3.95. The third-order valence-electron chi connectivity index (χ3n) is 14.5. The van der Waals surface area contributed by atoms with Crippen molar-refractivity contribution in [2.24, 2.45) is 0 Å². The van der Waals surface area contributed by atoms with Crippen LogP contribution in [0.25, 0.3) is 16.9 Å². The van der Waals surface area contributed by atoms with Gasteiger partial charge < -0.3 is 5.53 Å². The van der Waals surface area contributed by atoms with Gasteiger partial charge in [-0.2, -0.15) is 0 Å². The van der Waals surface area contributed by atoms with Gasteiger partial charge in [0.05, 0.1) is 0 Å². The quantitative estimate of drug-likeness (QED) is 0.0253. The Morgan fingerprint density at radius 2 is 0.603 bits per heavy atom. The summed E-state index contributed by atoms with van der Waals surface area (Å²) < 4.78 is 12.4. The van der Waals surface area contributed by atoms with Crippen LogP contribution in [0.1, 0.15) is 268 Å². The van der Waals surface area contributed by atoms with Gasteiger partial charge in [0.15, 0.2) is 0 Å². The molecular weight excluding hydrogens is 935 g/mol. The van der Waals surface area contributed by atoms with Gasteiger partial charge in [-0.1, -0.05) is 195 Å². The van der Waals surface area contributed by atoms with E-state index in [9.17, 15) is 5.53 Å². The van der Waals surface area contributed by atoms with Crippen molar-refractivity contribution in [3.05, 3.63) is 147 Å². The predicted molar refractivity (Wildman–Crippen MR) is 312 cm³/mol. The van der Waals surface area contributed by atoms with E-state index in [1.807, 2.05) is 60.7 Å². The van der Waals surface area contributed by atoms with Crippen LogP contribution < -0.4 is 7.76 Å². The van der Waals surface area contributed by atoms with Crippen molar-refractivity contribution in [1.82, 2.24) is 0 Å². The van der Waals surface area contributed by atoms with Crippen molar-refractivity contribution in [2.75, 3.05) is 0 Å². The zero-order chi connectivity index (χ0) is 52.0. The number of aryl methyl sites for hydroxylation is 4. The Balaban J connectivity index is 0.000000650. The summed E-state index contributed by atoms with van der Waals surface area (Å²) in [4.78, 5) is 0. The molecule has 0 saturated heterocycles. The molecule has 5 rings (SSSR count). The molecule has 4 nitrogen and oxygen atoms in total. The van der Waals surface area contributed by atoms with Crippen LogP contribution in [-0.4, -0.2) is 4.70 Å². The van der Waals surface area contributed by atoms with Gasteiger partial charge in [0.2, 0.25) is 11.4 Å². The first-order valence-electron chi connectivity index (χ1n) is 30.2. The molecule has 1 heterocycles. The summed E-state index contributed by atoms with van der Waals surface area (Å²) in [7, 11) is 0. The second kappa shape index (κ2) is 39.5. The van der Waals surface area contributed by atoms with E-state index in [-0.39, 0.29) is 0 Å². The number of allylic oxidation sites excluding steroid dienone is 2. The first-order valence-corrected chi connectivity index (χ1v) is 31.0. The summed E-state index contributed by atoms with van der Waals surface area (Å²) in [6.07, 6.45) is 43.0. The van der Waals surface area contributed by atoms with E-state index in [2.05, 4.69) is 77.9 Å². The number of nitrogens with zero attached hydrogens (tertiary/aromatic N) is 2. The van der Waals surface area contributed by atoms with Crippen LogP contribution in [0.4, 0.5) is 0 Å². The fraction of sp³-hybridized carbons (Fsp3) is 0.588. The average molecular weight is 1040 g/mol. The zero-order valence-electron chi connectivity index (χ0n) is 47.3. The topological polar surface area (TPSA) is 43.8 Å². The van der Waals surface area contributed by atoms with Crippen LogP contribution in [0, 0.1) is 0 Å². The number of benzene rings is 4. The fourth-order valence-electron chi connectivity index (χ4n) is 10.3. The van der Waals surface area contributed by atoms with E-state index in [4.69, 9.17) is 7.76 Å². The van der Waals surface area contributed by atoms with Gasteiger partial charge in [-0.3, -0.25) is 0 Å². The molecule has 0 unspecified atom stereocenters. The van der Waals surface area contributed by atoms with E-state index in [1.165, 1.54) is 199 Å². The summed E-state index contributed by atoms with van der Waals surface area (Å²) in [6, 6.07) is 34.0. The molecular formula is C68H102N2NiO2. The number of unbranched alkanes of at least 4 members (excludes halogenated alkanes) is 22. The SMILES string of the molecule is CCCCCCCCc1cc(CCCCCCCC)cc(C2=C(CCCC)C(CCCC)=C(c3cc(CCCCCCCC)cc(CCCCCCCC)c3)[N+]2=[N-])c1.c1ccc([O][Ni][O]c2ccccc2)cc1. The van der Waals surface area contributed by atoms with Crippen molar-refractivity contribution < 1.29 is 27.5 Å². The monoisotopic (exact) mass is 1040 g/mol. The fourth-order valence-corrected chi connectivity index (χ4v) is 10.8. The van der Waals surface area contributed by atoms with Crippen LogP contribution in [-0.2, 0) is 40.8 Å². The number of hydrogen-bond donors (Lipinski definition) is 0. The Labute approximate surface area is 455 Å². The number of rotatable bonds is 40. The molecule has 0 atom stereocenters. The minimum atomic E-state index is 0.777. The molecule has 1 aliphatic rings. The molecule has 0 aliphatic carbocycles. The first-order chi connectivity index (χ1) is 36.0. The maximum absolute atomic E-state index is 12.8. The van der Waals surface area contributed by atoms with Crippen molar-refractivity contribution in [2.45, 2.75) is 260 Å². The van der Waals surface area contributed by atoms with Gasteiger partial charge in [0, 0.05) is 22.3 Å². The van der Waals surface area contributed by atoms with Gasteiger partial charge in [-0.25, -0.2) is 4.70 Å². The summed E-state index contributed by atoms with van der Waals surface area (Å²) in [5.41, 5.74) is 26.1. The van der Waals surface area contributed by atoms with Crippen LogP contribution >= 0.6 is 0 Å². The van der Waals surface area contributed by atoms with E-state index < -0.39 is 0 Å². The first kappa shape index (κ1) is 61.6. The Kier molecular flexibility index (Phi) is 33.3. The van der Waals surface area contributed by atoms with Crippen LogP contribution in [0.3, 0.4) is 0 Å². The van der Waals surface area contributed by atoms with Gasteiger partial charge in [-0.05, 0) is 124 Å². The van der Waals surface area contributed by atoms with Gasteiger partial charge >= 0.3 is 95.0 Å². The van der Waals surface area contributed by atoms with E-state index >= 15 is 0 Å². The average Bonchev–Trinajstić information content (AvgIpc) is 3.69. The molecule has 0 fully saturated rings. The van der Waals surface area contributed by atoms with Crippen molar-refractivity contribution >= 4 is 11.4 Å². The van der Waals surface area contributed by atoms with Gasteiger partial charge in [-0.15, -0.1) is 0 Å². The molecule has 0 radical (unpaired) electrons. The summed E-state index contributed by atoms with van der Waals surface area (Å²) >= 11 is 0.777. The normalized spacial score (nSPS) is 12.5. The zero-order valence-corrected chi connectivity index (χ0v) is 48.3. The number of para-hydroxylation sites is 2. The Bertz CT molecular complexity index is 1910. The van der Waals surface area contributed by atoms with Crippen molar-refractivity contribution in [3.8, 4) is 11.5 Å². The Morgan fingerprint density at radius 3 is 0.890 bits per heavy atom. The molecule has 1 aliphatic heterocycles. The molecule has 0 saturated carbocycles. The number of hydrogen-bond acceptors (Lipinski definition) is 2. The molecule has 4 aromatic carbocycles. The second-order valence-corrected chi connectivity index (χ2v) is 21.7. The molecule has 406 valence electrons.